The predicted molar refractivity (Wildman–Crippen MR) is 81.1 cm³/mol. The van der Waals surface area contributed by atoms with Gasteiger partial charge < -0.3 is 0 Å². The van der Waals surface area contributed by atoms with E-state index in [1.807, 2.05) is 11.8 Å². The van der Waals surface area contributed by atoms with Crippen LogP contribution >= 0.6 is 11.8 Å². The van der Waals surface area contributed by atoms with Crippen molar-refractivity contribution < 1.29 is 4.52 Å². The third-order valence-corrected chi connectivity index (χ3v) is 5.06. The molecule has 0 radical (unpaired) electrons. The highest BCUT2D eigenvalue weighted by atomic mass is 32.2. The zero-order valence-electron chi connectivity index (χ0n) is 11.8. The summed E-state index contributed by atoms with van der Waals surface area (Å²) in [7, 11) is 0. The molecule has 1 saturated carbocycles. The van der Waals surface area contributed by atoms with E-state index in [1.165, 1.54) is 32.1 Å². The van der Waals surface area contributed by atoms with Crippen molar-refractivity contribution in [3.8, 4) is 11.5 Å². The van der Waals surface area contributed by atoms with Crippen LogP contribution in [0.3, 0.4) is 0 Å². The highest BCUT2D eigenvalue weighted by Gasteiger charge is 2.16. The lowest BCUT2D eigenvalue weighted by atomic mass is 10.0. The number of thioether (sulfide) groups is 1. The largest absolute Gasteiger partial charge is 0.441 e. The molecule has 1 fully saturated rings. The van der Waals surface area contributed by atoms with Crippen LogP contribution in [0.1, 0.15) is 32.1 Å². The van der Waals surface area contributed by atoms with Crippen molar-refractivity contribution in [2.75, 3.05) is 5.75 Å². The van der Waals surface area contributed by atoms with Gasteiger partial charge in [0, 0.05) is 29.9 Å². The fourth-order valence-corrected chi connectivity index (χ4v) is 3.89. The van der Waals surface area contributed by atoms with Crippen LogP contribution in [0.25, 0.3) is 11.5 Å². The van der Waals surface area contributed by atoms with E-state index in [0.717, 1.165) is 11.0 Å². The Labute approximate surface area is 127 Å². The molecule has 2 heterocycles. The SMILES string of the molecule is O=c1onc(-c2cnccn2)n1CCSC1CCCCC1. The first kappa shape index (κ1) is 14.3. The summed E-state index contributed by atoms with van der Waals surface area (Å²) >= 11 is 1.94. The molecule has 2 aromatic heterocycles. The Kier molecular flexibility index (Phi) is 4.69. The molecule has 6 nitrogen and oxygen atoms in total. The van der Waals surface area contributed by atoms with E-state index in [-0.39, 0.29) is 0 Å². The van der Waals surface area contributed by atoms with Gasteiger partial charge in [0.05, 0.1) is 6.20 Å². The summed E-state index contributed by atoms with van der Waals surface area (Å²) in [6, 6.07) is 0. The lowest BCUT2D eigenvalue weighted by Crippen LogP contribution is -2.18. The summed E-state index contributed by atoms with van der Waals surface area (Å²) in [5.74, 6) is 0.913. The van der Waals surface area contributed by atoms with Gasteiger partial charge in [-0.1, -0.05) is 24.4 Å². The average molecular weight is 306 g/mol. The van der Waals surface area contributed by atoms with Crippen molar-refractivity contribution in [3.05, 3.63) is 29.1 Å². The van der Waals surface area contributed by atoms with Gasteiger partial charge in [-0.3, -0.25) is 14.1 Å². The molecular weight excluding hydrogens is 288 g/mol. The van der Waals surface area contributed by atoms with Crippen LogP contribution in [-0.2, 0) is 6.54 Å². The minimum absolute atomic E-state index is 0.431. The number of hydrogen-bond acceptors (Lipinski definition) is 6. The smallest absolute Gasteiger partial charge is 0.295 e. The molecule has 112 valence electrons. The molecular formula is C14H18N4O2S. The van der Waals surface area contributed by atoms with Crippen LogP contribution in [-0.4, -0.2) is 30.7 Å². The molecule has 21 heavy (non-hydrogen) atoms. The van der Waals surface area contributed by atoms with Crippen LogP contribution in [0.2, 0.25) is 0 Å². The van der Waals surface area contributed by atoms with Gasteiger partial charge >= 0.3 is 5.76 Å². The molecule has 0 atom stereocenters. The van der Waals surface area contributed by atoms with Crippen LogP contribution < -0.4 is 5.76 Å². The van der Waals surface area contributed by atoms with Crippen LogP contribution in [0, 0.1) is 0 Å². The number of aromatic nitrogens is 4. The third-order valence-electron chi connectivity index (χ3n) is 3.70. The van der Waals surface area contributed by atoms with Crippen LogP contribution in [0.15, 0.2) is 27.9 Å². The average Bonchev–Trinajstić information content (AvgIpc) is 2.91. The minimum atomic E-state index is -0.431. The quantitative estimate of drug-likeness (QED) is 0.844. The monoisotopic (exact) mass is 306 g/mol. The molecule has 0 spiro atoms. The summed E-state index contributed by atoms with van der Waals surface area (Å²) in [5.41, 5.74) is 0.561. The van der Waals surface area contributed by atoms with Gasteiger partial charge in [0.2, 0.25) is 5.82 Å². The predicted octanol–water partition coefficient (Wildman–Crippen LogP) is 2.36. The highest BCUT2D eigenvalue weighted by molar-refractivity contribution is 7.99. The Hall–Kier alpha value is -1.63. The maximum Gasteiger partial charge on any atom is 0.441 e. The second-order valence-corrected chi connectivity index (χ2v) is 6.55. The van der Waals surface area contributed by atoms with Crippen molar-refractivity contribution in [3.63, 3.8) is 0 Å². The van der Waals surface area contributed by atoms with E-state index < -0.39 is 5.76 Å². The Morgan fingerprint density at radius 3 is 2.90 bits per heavy atom. The van der Waals surface area contributed by atoms with E-state index in [4.69, 9.17) is 4.52 Å². The number of rotatable bonds is 5. The molecule has 0 saturated heterocycles. The Morgan fingerprint density at radius 2 is 2.14 bits per heavy atom. The van der Waals surface area contributed by atoms with E-state index in [1.54, 1.807) is 23.2 Å². The molecule has 7 heteroatoms. The summed E-state index contributed by atoms with van der Waals surface area (Å²) in [6.07, 6.45) is 11.4. The second-order valence-electron chi connectivity index (χ2n) is 5.15. The summed E-state index contributed by atoms with van der Waals surface area (Å²) in [4.78, 5) is 19.9. The molecule has 1 aliphatic carbocycles. The minimum Gasteiger partial charge on any atom is -0.295 e. The van der Waals surface area contributed by atoms with Gasteiger partial charge in [0.25, 0.3) is 0 Å². The van der Waals surface area contributed by atoms with Crippen molar-refractivity contribution in [2.45, 2.75) is 43.9 Å². The van der Waals surface area contributed by atoms with E-state index in [2.05, 4.69) is 15.1 Å². The molecule has 3 rings (SSSR count). The lowest BCUT2D eigenvalue weighted by Gasteiger charge is -2.20. The maximum atomic E-state index is 11.8. The first-order chi connectivity index (χ1) is 10.3. The number of hydrogen-bond donors (Lipinski definition) is 0. The first-order valence-electron chi connectivity index (χ1n) is 7.29. The molecule has 0 bridgehead atoms. The maximum absolute atomic E-state index is 11.8. The molecule has 0 aliphatic heterocycles. The fourth-order valence-electron chi connectivity index (χ4n) is 2.61. The molecule has 0 amide bonds. The van der Waals surface area contributed by atoms with E-state index in [0.29, 0.717) is 18.1 Å². The molecule has 1 aliphatic rings. The van der Waals surface area contributed by atoms with Crippen molar-refractivity contribution in [1.29, 1.82) is 0 Å². The summed E-state index contributed by atoms with van der Waals surface area (Å²) in [6.45, 7) is 0.593. The molecule has 2 aromatic rings. The van der Waals surface area contributed by atoms with Crippen LogP contribution in [0.5, 0.6) is 0 Å². The molecule has 0 N–H and O–H groups in total. The fraction of sp³-hybridized carbons (Fsp3) is 0.571. The summed E-state index contributed by atoms with van der Waals surface area (Å²) < 4.78 is 6.31. The van der Waals surface area contributed by atoms with Crippen molar-refractivity contribution in [1.82, 2.24) is 19.7 Å². The second kappa shape index (κ2) is 6.89. The highest BCUT2D eigenvalue weighted by Crippen LogP contribution is 2.28. The summed E-state index contributed by atoms with van der Waals surface area (Å²) in [5, 5.41) is 4.55. The zero-order valence-corrected chi connectivity index (χ0v) is 12.6. The Bertz CT molecular complexity index is 619. The topological polar surface area (TPSA) is 73.8 Å². The van der Waals surface area contributed by atoms with Crippen molar-refractivity contribution >= 4 is 11.8 Å². The molecule has 0 aromatic carbocycles. The van der Waals surface area contributed by atoms with E-state index >= 15 is 0 Å². The third kappa shape index (κ3) is 3.53. The normalized spacial score (nSPS) is 16.2. The molecule has 0 unspecified atom stereocenters. The van der Waals surface area contributed by atoms with Gasteiger partial charge in [-0.2, -0.15) is 11.8 Å². The van der Waals surface area contributed by atoms with Gasteiger partial charge in [0.1, 0.15) is 5.69 Å². The van der Waals surface area contributed by atoms with Crippen LogP contribution in [0.4, 0.5) is 0 Å². The van der Waals surface area contributed by atoms with Gasteiger partial charge in [0.15, 0.2) is 0 Å². The van der Waals surface area contributed by atoms with E-state index in [9.17, 15) is 4.79 Å². The van der Waals surface area contributed by atoms with Gasteiger partial charge in [-0.25, -0.2) is 9.78 Å². The number of nitrogens with zero attached hydrogens (tertiary/aromatic N) is 4. The Morgan fingerprint density at radius 1 is 1.29 bits per heavy atom. The lowest BCUT2D eigenvalue weighted by molar-refractivity contribution is 0.377. The van der Waals surface area contributed by atoms with Crippen molar-refractivity contribution in [2.24, 2.45) is 0 Å². The standard InChI is InChI=1S/C14H18N4O2S/c19-14-18(8-9-21-11-4-2-1-3-5-11)13(17-20-14)12-10-15-6-7-16-12/h6-7,10-11H,1-5,8-9H2. The van der Waals surface area contributed by atoms with Gasteiger partial charge in [-0.05, 0) is 12.8 Å². The zero-order chi connectivity index (χ0) is 14.5. The first-order valence-corrected chi connectivity index (χ1v) is 8.34. The van der Waals surface area contributed by atoms with Gasteiger partial charge in [-0.15, -0.1) is 0 Å². The Balaban J connectivity index is 1.65.